The smallest absolute Gasteiger partial charge is 0.169 e. The van der Waals surface area contributed by atoms with Crippen molar-refractivity contribution in [1.29, 1.82) is 5.26 Å². The molecule has 74 valence electrons. The lowest BCUT2D eigenvalue weighted by Gasteiger charge is -2.09. The molecule has 1 atom stereocenters. The number of halogens is 2. The van der Waals surface area contributed by atoms with Crippen LogP contribution in [0, 0.1) is 23.0 Å². The van der Waals surface area contributed by atoms with E-state index in [0.717, 1.165) is 18.2 Å². The largest absolute Gasteiger partial charge is 0.359 e. The minimum Gasteiger partial charge on any atom is -0.359 e. The third kappa shape index (κ3) is 2.51. The summed E-state index contributed by atoms with van der Waals surface area (Å²) in [6.45, 7) is 2.02. The van der Waals surface area contributed by atoms with Crippen molar-refractivity contribution < 1.29 is 13.5 Å². The molecule has 4 heteroatoms. The van der Waals surface area contributed by atoms with Crippen LogP contribution in [0.2, 0.25) is 0 Å². The van der Waals surface area contributed by atoms with Crippen LogP contribution in [0.5, 0.6) is 0 Å². The molecule has 0 saturated heterocycles. The maximum Gasteiger partial charge on any atom is 0.169 e. The van der Waals surface area contributed by atoms with Gasteiger partial charge in [-0.25, -0.2) is 8.78 Å². The maximum atomic E-state index is 12.8. The van der Waals surface area contributed by atoms with Crippen LogP contribution >= 0.6 is 0 Å². The summed E-state index contributed by atoms with van der Waals surface area (Å²) >= 11 is 0. The van der Waals surface area contributed by atoms with E-state index in [0.29, 0.717) is 6.61 Å². The molecular weight excluding hydrogens is 188 g/mol. The van der Waals surface area contributed by atoms with Gasteiger partial charge < -0.3 is 4.74 Å². The van der Waals surface area contributed by atoms with Gasteiger partial charge in [-0.2, -0.15) is 5.26 Å². The molecule has 1 aromatic rings. The molecule has 0 heterocycles. The highest BCUT2D eigenvalue weighted by atomic mass is 19.1. The summed E-state index contributed by atoms with van der Waals surface area (Å²) in [4.78, 5) is 0. The van der Waals surface area contributed by atoms with Crippen molar-refractivity contribution in [2.24, 2.45) is 0 Å². The average Bonchev–Trinajstić information content (AvgIpc) is 2.12. The molecular formula is C10H9F2NO. The second kappa shape index (κ2) is 4.68. The SMILES string of the molecule is CCOC(C#N)c1cc(F)cc(F)c1. The third-order valence-corrected chi connectivity index (χ3v) is 1.64. The lowest BCUT2D eigenvalue weighted by molar-refractivity contribution is 0.101. The predicted octanol–water partition coefficient (Wildman–Crippen LogP) is 2.57. The summed E-state index contributed by atoms with van der Waals surface area (Å²) in [5.74, 6) is -1.42. The summed E-state index contributed by atoms with van der Waals surface area (Å²) in [5, 5.41) is 8.67. The Balaban J connectivity index is 2.99. The van der Waals surface area contributed by atoms with E-state index in [9.17, 15) is 8.78 Å². The zero-order valence-corrected chi connectivity index (χ0v) is 7.63. The highest BCUT2D eigenvalue weighted by Crippen LogP contribution is 2.18. The normalized spacial score (nSPS) is 12.1. The summed E-state index contributed by atoms with van der Waals surface area (Å²) < 4.78 is 30.5. The Labute approximate surface area is 80.7 Å². The molecule has 0 aliphatic rings. The number of nitriles is 1. The molecule has 0 saturated carbocycles. The van der Waals surface area contributed by atoms with Crippen molar-refractivity contribution in [3.8, 4) is 6.07 Å². The first-order valence-corrected chi connectivity index (χ1v) is 4.14. The van der Waals surface area contributed by atoms with E-state index in [4.69, 9.17) is 10.00 Å². The zero-order valence-electron chi connectivity index (χ0n) is 7.63. The van der Waals surface area contributed by atoms with Crippen molar-refractivity contribution in [2.45, 2.75) is 13.0 Å². The summed E-state index contributed by atoms with van der Waals surface area (Å²) in [7, 11) is 0. The van der Waals surface area contributed by atoms with Crippen molar-refractivity contribution in [2.75, 3.05) is 6.61 Å². The van der Waals surface area contributed by atoms with Gasteiger partial charge >= 0.3 is 0 Å². The van der Waals surface area contributed by atoms with Crippen LogP contribution < -0.4 is 0 Å². The van der Waals surface area contributed by atoms with Crippen molar-refractivity contribution in [3.05, 3.63) is 35.4 Å². The molecule has 0 N–H and O–H groups in total. The summed E-state index contributed by atoms with van der Waals surface area (Å²) in [6.07, 6.45) is -0.912. The summed E-state index contributed by atoms with van der Waals surface area (Å²) in [5.41, 5.74) is 0.201. The van der Waals surface area contributed by atoms with Crippen molar-refractivity contribution >= 4 is 0 Å². The molecule has 0 aliphatic carbocycles. The molecule has 0 amide bonds. The Hall–Kier alpha value is -1.47. The number of rotatable bonds is 3. The zero-order chi connectivity index (χ0) is 10.6. The van der Waals surface area contributed by atoms with E-state index in [2.05, 4.69) is 0 Å². The van der Waals surface area contributed by atoms with E-state index < -0.39 is 17.7 Å². The van der Waals surface area contributed by atoms with Crippen molar-refractivity contribution in [3.63, 3.8) is 0 Å². The highest BCUT2D eigenvalue weighted by Gasteiger charge is 2.12. The van der Waals surface area contributed by atoms with Gasteiger partial charge in [-0.3, -0.25) is 0 Å². The van der Waals surface area contributed by atoms with Crippen LogP contribution in [-0.4, -0.2) is 6.61 Å². The maximum absolute atomic E-state index is 12.8. The molecule has 0 fully saturated rings. The number of hydrogen-bond acceptors (Lipinski definition) is 2. The Morgan fingerprint density at radius 2 is 1.93 bits per heavy atom. The number of nitrogens with zero attached hydrogens (tertiary/aromatic N) is 1. The molecule has 0 spiro atoms. The van der Waals surface area contributed by atoms with Gasteiger partial charge in [0.05, 0.1) is 6.07 Å². The van der Waals surface area contributed by atoms with Crippen LogP contribution in [0.4, 0.5) is 8.78 Å². The minimum atomic E-state index is -0.912. The minimum absolute atomic E-state index is 0.201. The molecule has 0 bridgehead atoms. The quantitative estimate of drug-likeness (QED) is 0.746. The molecule has 0 radical (unpaired) electrons. The first kappa shape index (κ1) is 10.6. The number of benzene rings is 1. The average molecular weight is 197 g/mol. The van der Waals surface area contributed by atoms with Gasteiger partial charge in [-0.05, 0) is 19.1 Å². The van der Waals surface area contributed by atoms with E-state index in [1.807, 2.05) is 6.07 Å². The standard InChI is InChI=1S/C10H9F2NO/c1-2-14-10(6-13)7-3-8(11)5-9(12)4-7/h3-5,10H,2H2,1H3. The Morgan fingerprint density at radius 3 is 2.36 bits per heavy atom. The van der Waals surface area contributed by atoms with Gasteiger partial charge in [0.15, 0.2) is 6.10 Å². The van der Waals surface area contributed by atoms with Crippen LogP contribution in [0.15, 0.2) is 18.2 Å². The van der Waals surface area contributed by atoms with Gasteiger partial charge in [0.1, 0.15) is 11.6 Å². The predicted molar refractivity (Wildman–Crippen MR) is 46.3 cm³/mol. The van der Waals surface area contributed by atoms with Gasteiger partial charge in [0, 0.05) is 18.2 Å². The Bertz CT molecular complexity index is 339. The van der Waals surface area contributed by atoms with Gasteiger partial charge in [0.2, 0.25) is 0 Å². The fourth-order valence-electron chi connectivity index (χ4n) is 1.10. The van der Waals surface area contributed by atoms with Crippen LogP contribution in [-0.2, 0) is 4.74 Å². The van der Waals surface area contributed by atoms with Crippen LogP contribution in [0.25, 0.3) is 0 Å². The first-order chi connectivity index (χ1) is 6.67. The lowest BCUT2D eigenvalue weighted by atomic mass is 10.1. The molecule has 1 aromatic carbocycles. The van der Waals surface area contributed by atoms with E-state index in [1.54, 1.807) is 6.92 Å². The second-order valence-electron chi connectivity index (χ2n) is 2.67. The van der Waals surface area contributed by atoms with E-state index in [-0.39, 0.29) is 5.56 Å². The molecule has 0 aliphatic heterocycles. The van der Waals surface area contributed by atoms with Gasteiger partial charge in [0.25, 0.3) is 0 Å². The van der Waals surface area contributed by atoms with Crippen molar-refractivity contribution in [1.82, 2.24) is 0 Å². The Kier molecular flexibility index (Phi) is 3.55. The Morgan fingerprint density at radius 1 is 1.36 bits per heavy atom. The monoisotopic (exact) mass is 197 g/mol. The molecule has 2 nitrogen and oxygen atoms in total. The molecule has 0 aromatic heterocycles. The van der Waals surface area contributed by atoms with Gasteiger partial charge in [-0.1, -0.05) is 0 Å². The third-order valence-electron chi connectivity index (χ3n) is 1.64. The second-order valence-corrected chi connectivity index (χ2v) is 2.67. The highest BCUT2D eigenvalue weighted by molar-refractivity contribution is 5.24. The van der Waals surface area contributed by atoms with E-state index in [1.165, 1.54) is 0 Å². The molecule has 14 heavy (non-hydrogen) atoms. The number of hydrogen-bond donors (Lipinski definition) is 0. The fraction of sp³-hybridized carbons (Fsp3) is 0.300. The number of ether oxygens (including phenoxy) is 1. The lowest BCUT2D eigenvalue weighted by Crippen LogP contribution is -2.02. The van der Waals surface area contributed by atoms with Crippen LogP contribution in [0.3, 0.4) is 0 Å². The molecule has 1 rings (SSSR count). The topological polar surface area (TPSA) is 33.0 Å². The first-order valence-electron chi connectivity index (χ1n) is 4.14. The van der Waals surface area contributed by atoms with Gasteiger partial charge in [-0.15, -0.1) is 0 Å². The van der Waals surface area contributed by atoms with Crippen LogP contribution in [0.1, 0.15) is 18.6 Å². The van der Waals surface area contributed by atoms with E-state index >= 15 is 0 Å². The fourth-order valence-corrected chi connectivity index (χ4v) is 1.10. The molecule has 1 unspecified atom stereocenters. The summed E-state index contributed by atoms with van der Waals surface area (Å²) in [6, 6.07) is 4.75.